The molecule has 0 saturated heterocycles. The van der Waals surface area contributed by atoms with Crippen LogP contribution in [0.2, 0.25) is 0 Å². The van der Waals surface area contributed by atoms with E-state index in [9.17, 15) is 0 Å². The first-order valence-corrected chi connectivity index (χ1v) is 9.62. The van der Waals surface area contributed by atoms with Crippen LogP contribution >= 0.6 is 27.7 Å². The molecule has 0 atom stereocenters. The lowest BCUT2D eigenvalue weighted by Crippen LogP contribution is -1.95. The third-order valence-electron chi connectivity index (χ3n) is 3.87. The second-order valence-electron chi connectivity index (χ2n) is 5.79. The number of aryl methyl sites for hydroxylation is 2. The molecule has 0 amide bonds. The molecule has 25 heavy (non-hydrogen) atoms. The number of nitrogens with zero attached hydrogens (tertiary/aromatic N) is 5. The first-order chi connectivity index (χ1) is 12.1. The van der Waals surface area contributed by atoms with E-state index in [0.717, 1.165) is 43.9 Å². The number of halogens is 1. The van der Waals surface area contributed by atoms with E-state index < -0.39 is 0 Å². The zero-order valence-electron chi connectivity index (χ0n) is 13.8. The summed E-state index contributed by atoms with van der Waals surface area (Å²) in [5.74, 6) is 1.50. The molecule has 4 aromatic rings. The van der Waals surface area contributed by atoms with Crippen molar-refractivity contribution in [2.24, 2.45) is 0 Å². The summed E-state index contributed by atoms with van der Waals surface area (Å²) in [6, 6.07) is 10.3. The normalized spacial score (nSPS) is 11.3. The van der Waals surface area contributed by atoms with E-state index in [1.165, 1.54) is 0 Å². The quantitative estimate of drug-likeness (QED) is 0.459. The topological polar surface area (TPSA) is 48.0 Å². The van der Waals surface area contributed by atoms with Gasteiger partial charge in [0.2, 0.25) is 5.78 Å². The van der Waals surface area contributed by atoms with Gasteiger partial charge in [-0.1, -0.05) is 27.7 Å². The van der Waals surface area contributed by atoms with Gasteiger partial charge in [0, 0.05) is 45.9 Å². The van der Waals surface area contributed by atoms with Crippen molar-refractivity contribution in [2.75, 3.05) is 0 Å². The van der Waals surface area contributed by atoms with Crippen molar-refractivity contribution < 1.29 is 0 Å². The van der Waals surface area contributed by atoms with Crippen molar-refractivity contribution in [3.05, 3.63) is 70.5 Å². The van der Waals surface area contributed by atoms with Crippen molar-refractivity contribution in [2.45, 2.75) is 24.8 Å². The molecule has 0 fully saturated rings. The molecule has 0 aliphatic carbocycles. The zero-order chi connectivity index (χ0) is 17.4. The van der Waals surface area contributed by atoms with Crippen LogP contribution in [0.3, 0.4) is 0 Å². The third kappa shape index (κ3) is 3.34. The number of fused-ring (bicyclic) bond motifs is 1. The lowest BCUT2D eigenvalue weighted by molar-refractivity contribution is 0.894. The molecule has 0 saturated carbocycles. The lowest BCUT2D eigenvalue weighted by Gasteiger charge is -2.06. The van der Waals surface area contributed by atoms with Crippen molar-refractivity contribution >= 4 is 33.5 Å². The average molecular weight is 414 g/mol. The van der Waals surface area contributed by atoms with E-state index in [4.69, 9.17) is 0 Å². The lowest BCUT2D eigenvalue weighted by atomic mass is 10.3. The van der Waals surface area contributed by atoms with Crippen LogP contribution in [0.15, 0.2) is 58.6 Å². The Morgan fingerprint density at radius 2 is 1.92 bits per heavy atom. The zero-order valence-corrected chi connectivity index (χ0v) is 16.3. The van der Waals surface area contributed by atoms with Crippen molar-refractivity contribution in [3.63, 3.8) is 0 Å². The monoisotopic (exact) mass is 413 g/mol. The Balaban J connectivity index is 1.57. The number of thioether (sulfide) groups is 1. The van der Waals surface area contributed by atoms with Gasteiger partial charge in [0.05, 0.1) is 5.69 Å². The molecule has 1 aromatic carbocycles. The fourth-order valence-electron chi connectivity index (χ4n) is 2.72. The standard InChI is InChI=1S/C18H16BrN5S/c1-12-9-13(2)24-10-15(22-17(24)21-12)11-25-18-20-7-8-23(18)16-5-3-14(19)4-6-16/h3-10H,11H2,1-2H3. The summed E-state index contributed by atoms with van der Waals surface area (Å²) in [4.78, 5) is 13.6. The summed E-state index contributed by atoms with van der Waals surface area (Å²) >= 11 is 5.14. The number of benzene rings is 1. The molecule has 0 aliphatic rings. The molecule has 5 nitrogen and oxygen atoms in total. The molecule has 0 unspecified atom stereocenters. The Morgan fingerprint density at radius 3 is 2.72 bits per heavy atom. The molecule has 0 N–H and O–H groups in total. The van der Waals surface area contributed by atoms with Crippen LogP contribution in [0, 0.1) is 13.8 Å². The van der Waals surface area contributed by atoms with Gasteiger partial charge < -0.3 is 0 Å². The van der Waals surface area contributed by atoms with Crippen molar-refractivity contribution in [3.8, 4) is 5.69 Å². The van der Waals surface area contributed by atoms with Crippen LogP contribution in [0.5, 0.6) is 0 Å². The van der Waals surface area contributed by atoms with Gasteiger partial charge in [-0.25, -0.2) is 15.0 Å². The van der Waals surface area contributed by atoms with Gasteiger partial charge in [-0.15, -0.1) is 0 Å². The summed E-state index contributed by atoms with van der Waals surface area (Å²) in [5, 5.41) is 0.945. The smallest absolute Gasteiger partial charge is 0.234 e. The van der Waals surface area contributed by atoms with E-state index >= 15 is 0 Å². The second kappa shape index (κ2) is 6.65. The molecular formula is C18H16BrN5S. The molecule has 7 heteroatoms. The van der Waals surface area contributed by atoms with E-state index in [-0.39, 0.29) is 0 Å². The number of hydrogen-bond acceptors (Lipinski definition) is 4. The molecule has 4 rings (SSSR count). The highest BCUT2D eigenvalue weighted by Gasteiger charge is 2.10. The summed E-state index contributed by atoms with van der Waals surface area (Å²) in [5.41, 5.74) is 4.21. The number of rotatable bonds is 4. The molecule has 0 radical (unpaired) electrons. The molecule has 126 valence electrons. The predicted molar refractivity (Wildman–Crippen MR) is 103 cm³/mol. The summed E-state index contributed by atoms with van der Waals surface area (Å²) in [6.45, 7) is 4.06. The van der Waals surface area contributed by atoms with Crippen LogP contribution in [0.25, 0.3) is 11.5 Å². The number of hydrogen-bond donors (Lipinski definition) is 0. The molecule has 0 spiro atoms. The average Bonchev–Trinajstić information content (AvgIpc) is 3.20. The van der Waals surface area contributed by atoms with Gasteiger partial charge in [0.25, 0.3) is 0 Å². The van der Waals surface area contributed by atoms with E-state index in [0.29, 0.717) is 0 Å². The largest absolute Gasteiger partial charge is 0.295 e. The maximum absolute atomic E-state index is 4.64. The molecule has 0 aliphatic heterocycles. The number of imidazole rings is 2. The Labute approximate surface area is 158 Å². The highest BCUT2D eigenvalue weighted by atomic mass is 79.9. The van der Waals surface area contributed by atoms with Crippen molar-refractivity contribution in [1.82, 2.24) is 23.9 Å². The highest BCUT2D eigenvalue weighted by Crippen LogP contribution is 2.25. The van der Waals surface area contributed by atoms with Gasteiger partial charge in [-0.05, 0) is 44.2 Å². The highest BCUT2D eigenvalue weighted by molar-refractivity contribution is 9.10. The van der Waals surface area contributed by atoms with Crippen LogP contribution in [-0.4, -0.2) is 23.9 Å². The SMILES string of the molecule is Cc1cc(C)n2cc(CSc3nccn3-c3ccc(Br)cc3)nc2n1. The van der Waals surface area contributed by atoms with E-state index in [2.05, 4.69) is 66.8 Å². The molecule has 0 bridgehead atoms. The minimum Gasteiger partial charge on any atom is -0.295 e. The Hall–Kier alpha value is -2.12. The predicted octanol–water partition coefficient (Wildman–Crippen LogP) is 4.59. The Morgan fingerprint density at radius 1 is 1.12 bits per heavy atom. The van der Waals surface area contributed by atoms with E-state index in [1.807, 2.05) is 35.9 Å². The fourth-order valence-corrected chi connectivity index (χ4v) is 3.84. The van der Waals surface area contributed by atoms with Gasteiger partial charge in [0.15, 0.2) is 5.16 Å². The Bertz CT molecular complexity index is 1040. The first kappa shape index (κ1) is 16.4. The van der Waals surface area contributed by atoms with Gasteiger partial charge in [-0.2, -0.15) is 0 Å². The minimum absolute atomic E-state index is 0.745. The van der Waals surface area contributed by atoms with Crippen LogP contribution < -0.4 is 0 Å². The molecular weight excluding hydrogens is 398 g/mol. The minimum atomic E-state index is 0.745. The maximum atomic E-state index is 4.64. The summed E-state index contributed by atoms with van der Waals surface area (Å²) in [7, 11) is 0. The van der Waals surface area contributed by atoms with Gasteiger partial charge >= 0.3 is 0 Å². The number of aromatic nitrogens is 5. The van der Waals surface area contributed by atoms with Gasteiger partial charge in [-0.3, -0.25) is 8.97 Å². The first-order valence-electron chi connectivity index (χ1n) is 7.84. The summed E-state index contributed by atoms with van der Waals surface area (Å²) in [6.07, 6.45) is 5.85. The van der Waals surface area contributed by atoms with Crippen LogP contribution in [0.1, 0.15) is 17.1 Å². The van der Waals surface area contributed by atoms with Crippen LogP contribution in [0.4, 0.5) is 0 Å². The van der Waals surface area contributed by atoms with Crippen LogP contribution in [-0.2, 0) is 5.75 Å². The fraction of sp³-hybridized carbons (Fsp3) is 0.167. The Kier molecular flexibility index (Phi) is 4.35. The van der Waals surface area contributed by atoms with Crippen molar-refractivity contribution in [1.29, 1.82) is 0 Å². The summed E-state index contributed by atoms with van der Waals surface area (Å²) < 4.78 is 5.18. The van der Waals surface area contributed by atoms with E-state index in [1.54, 1.807) is 11.8 Å². The molecule has 3 aromatic heterocycles. The molecule has 3 heterocycles. The third-order valence-corrected chi connectivity index (χ3v) is 5.40. The maximum Gasteiger partial charge on any atom is 0.234 e. The second-order valence-corrected chi connectivity index (χ2v) is 7.64. The van der Waals surface area contributed by atoms with Gasteiger partial charge in [0.1, 0.15) is 0 Å².